The highest BCUT2D eigenvalue weighted by Gasteiger charge is 2.41. The summed E-state index contributed by atoms with van der Waals surface area (Å²) in [6, 6.07) is 16.5. The van der Waals surface area contributed by atoms with Gasteiger partial charge in [0.25, 0.3) is 0 Å². The van der Waals surface area contributed by atoms with Gasteiger partial charge in [0.2, 0.25) is 7.37 Å². The van der Waals surface area contributed by atoms with Crippen molar-refractivity contribution in [3.8, 4) is 0 Å². The molecule has 5 nitrogen and oxygen atoms in total. The fraction of sp³-hybridized carbons (Fsp3) is 0.348. The Morgan fingerprint density at radius 3 is 2.45 bits per heavy atom. The number of H-pyrrole nitrogens is 1. The number of para-hydroxylation sites is 1. The maximum absolute atomic E-state index is 13.6. The summed E-state index contributed by atoms with van der Waals surface area (Å²) in [5.41, 5.74) is 1.41. The van der Waals surface area contributed by atoms with Crippen molar-refractivity contribution in [2.24, 2.45) is 0 Å². The highest BCUT2D eigenvalue weighted by Crippen LogP contribution is 2.57. The lowest BCUT2D eigenvalue weighted by Crippen LogP contribution is -2.27. The molecule has 2 aromatic carbocycles. The Morgan fingerprint density at radius 1 is 1.07 bits per heavy atom. The molecule has 0 saturated carbocycles. The second-order valence-electron chi connectivity index (χ2n) is 7.56. The van der Waals surface area contributed by atoms with Crippen LogP contribution in [0.4, 0.5) is 0 Å². The van der Waals surface area contributed by atoms with Crippen molar-refractivity contribution in [3.05, 3.63) is 71.9 Å². The molecule has 0 radical (unpaired) electrons. The summed E-state index contributed by atoms with van der Waals surface area (Å²) in [6.45, 7) is 2.06. The van der Waals surface area contributed by atoms with Crippen molar-refractivity contribution >= 4 is 24.2 Å². The Kier molecular flexibility index (Phi) is 6.94. The van der Waals surface area contributed by atoms with Gasteiger partial charge in [-0.05, 0) is 23.6 Å². The third kappa shape index (κ3) is 4.98. The average Bonchev–Trinajstić information content (AvgIpc) is 3.10. The van der Waals surface area contributed by atoms with Crippen LogP contribution in [0.5, 0.6) is 0 Å². The lowest BCUT2D eigenvalue weighted by molar-refractivity contribution is -0.139. The highest BCUT2D eigenvalue weighted by molar-refractivity contribution is 7.58. The number of fused-ring (bicyclic) bond motifs is 1. The van der Waals surface area contributed by atoms with Crippen LogP contribution < -0.4 is 0 Å². The van der Waals surface area contributed by atoms with Gasteiger partial charge >= 0.3 is 5.97 Å². The molecular formula is C23H28NO4P. The van der Waals surface area contributed by atoms with E-state index in [1.165, 1.54) is 0 Å². The number of hydrogen-bond donors (Lipinski definition) is 3. The molecule has 3 rings (SSSR count). The Hall–Kier alpha value is -2.36. The van der Waals surface area contributed by atoms with Gasteiger partial charge in [-0.15, -0.1) is 0 Å². The zero-order chi connectivity index (χ0) is 20.9. The normalized spacial score (nSPS) is 15.7. The minimum absolute atomic E-state index is 0.0373. The van der Waals surface area contributed by atoms with Gasteiger partial charge in [-0.3, -0.25) is 9.36 Å². The first-order chi connectivity index (χ1) is 13.9. The Morgan fingerprint density at radius 2 is 1.76 bits per heavy atom. The van der Waals surface area contributed by atoms with E-state index < -0.39 is 24.9 Å². The van der Waals surface area contributed by atoms with Crippen LogP contribution in [-0.2, 0) is 15.5 Å². The number of aromatic amines is 1. The van der Waals surface area contributed by atoms with Crippen molar-refractivity contribution in [2.75, 3.05) is 0 Å². The van der Waals surface area contributed by atoms with Crippen molar-refractivity contribution in [2.45, 2.75) is 50.3 Å². The molecule has 0 fully saturated rings. The number of carbonyl (C=O) groups is 1. The first kappa shape index (κ1) is 21.4. The van der Waals surface area contributed by atoms with Crippen molar-refractivity contribution in [3.63, 3.8) is 0 Å². The van der Waals surface area contributed by atoms with E-state index >= 15 is 0 Å². The average molecular weight is 413 g/mol. The summed E-state index contributed by atoms with van der Waals surface area (Å²) < 4.78 is 13.6. The highest BCUT2D eigenvalue weighted by atomic mass is 31.2. The molecule has 3 N–H and O–H groups in total. The molecule has 3 atom stereocenters. The molecule has 0 spiro atoms. The van der Waals surface area contributed by atoms with Crippen molar-refractivity contribution in [1.82, 2.24) is 4.98 Å². The van der Waals surface area contributed by atoms with E-state index in [0.717, 1.165) is 35.7 Å². The van der Waals surface area contributed by atoms with Gasteiger partial charge in [0.05, 0.1) is 17.7 Å². The summed E-state index contributed by atoms with van der Waals surface area (Å²) in [7, 11) is -3.81. The maximum Gasteiger partial charge on any atom is 0.311 e. The zero-order valence-corrected chi connectivity index (χ0v) is 17.5. The van der Waals surface area contributed by atoms with Gasteiger partial charge in [0, 0.05) is 17.1 Å². The third-order valence-corrected chi connectivity index (χ3v) is 7.89. The van der Waals surface area contributed by atoms with Gasteiger partial charge in [0.1, 0.15) is 0 Å². The number of carboxylic acids is 1. The lowest BCUT2D eigenvalue weighted by atomic mass is 9.92. The van der Waals surface area contributed by atoms with Gasteiger partial charge in [-0.2, -0.15) is 0 Å². The van der Waals surface area contributed by atoms with Gasteiger partial charge in [0.15, 0.2) is 0 Å². The molecular weight excluding hydrogens is 385 g/mol. The number of nitrogens with one attached hydrogen (secondary N) is 1. The van der Waals surface area contributed by atoms with E-state index in [1.54, 1.807) is 30.5 Å². The van der Waals surface area contributed by atoms with E-state index in [2.05, 4.69) is 11.9 Å². The molecule has 29 heavy (non-hydrogen) atoms. The number of aromatic nitrogens is 1. The van der Waals surface area contributed by atoms with E-state index in [0.29, 0.717) is 12.0 Å². The fourth-order valence-corrected chi connectivity index (χ4v) is 6.35. The van der Waals surface area contributed by atoms with E-state index in [9.17, 15) is 19.4 Å². The molecule has 6 heteroatoms. The Labute approximate surface area is 171 Å². The predicted octanol–water partition coefficient (Wildman–Crippen LogP) is 5.76. The molecule has 1 aromatic heterocycles. The topological polar surface area (TPSA) is 90.4 Å². The summed E-state index contributed by atoms with van der Waals surface area (Å²) in [5, 5.41) is 10.9. The lowest BCUT2D eigenvalue weighted by Gasteiger charge is -2.29. The predicted molar refractivity (Wildman–Crippen MR) is 117 cm³/mol. The summed E-state index contributed by atoms with van der Waals surface area (Å²) in [6.07, 6.45) is 4.74. The van der Waals surface area contributed by atoms with Crippen LogP contribution in [0, 0.1) is 0 Å². The monoisotopic (exact) mass is 413 g/mol. The first-order valence-corrected chi connectivity index (χ1v) is 12.0. The third-order valence-electron chi connectivity index (χ3n) is 5.50. The molecule has 1 heterocycles. The molecule has 154 valence electrons. The van der Waals surface area contributed by atoms with Crippen LogP contribution >= 0.6 is 7.37 Å². The van der Waals surface area contributed by atoms with Crippen LogP contribution in [0.25, 0.3) is 10.9 Å². The van der Waals surface area contributed by atoms with Crippen LogP contribution in [0.1, 0.15) is 49.7 Å². The molecule has 0 bridgehead atoms. The summed E-state index contributed by atoms with van der Waals surface area (Å²) >= 11 is 0. The summed E-state index contributed by atoms with van der Waals surface area (Å²) in [4.78, 5) is 26.5. The number of carboxylic acid groups (broad SMARTS) is 1. The minimum atomic E-state index is -3.81. The molecule has 3 aromatic rings. The molecule has 0 aliphatic carbocycles. The number of benzene rings is 2. The van der Waals surface area contributed by atoms with Gasteiger partial charge in [-0.25, -0.2) is 0 Å². The van der Waals surface area contributed by atoms with E-state index in [4.69, 9.17) is 0 Å². The molecule has 3 unspecified atom stereocenters. The second kappa shape index (κ2) is 9.43. The first-order valence-electron chi connectivity index (χ1n) is 10.1. The Bertz CT molecular complexity index is 998. The molecule has 0 saturated heterocycles. The Balaban J connectivity index is 1.97. The van der Waals surface area contributed by atoms with Crippen LogP contribution in [0.15, 0.2) is 60.8 Å². The van der Waals surface area contributed by atoms with Gasteiger partial charge < -0.3 is 15.0 Å². The van der Waals surface area contributed by atoms with Crippen molar-refractivity contribution in [1.29, 1.82) is 0 Å². The fourth-order valence-electron chi connectivity index (χ4n) is 4.02. The molecule has 0 aliphatic heterocycles. The standard InChI is InChI=1S/C23H28NO4P/c1-2-3-5-14-21(22(23(25)26)17-10-6-4-7-11-17)29(27,28)16-18-15-24-20-13-9-8-12-19(18)20/h4,6-13,15,21-22,24H,2-3,5,14,16H2,1H3,(H,25,26)(H,27,28). The van der Waals surface area contributed by atoms with Crippen molar-refractivity contribution < 1.29 is 19.4 Å². The maximum atomic E-state index is 13.6. The number of unbranched alkanes of at least 4 members (excludes halogenated alkanes) is 2. The van der Waals surface area contributed by atoms with Crippen LogP contribution in [-0.4, -0.2) is 26.6 Å². The summed E-state index contributed by atoms with van der Waals surface area (Å²) in [5.74, 6) is -2.06. The zero-order valence-electron chi connectivity index (χ0n) is 16.6. The number of hydrogen-bond acceptors (Lipinski definition) is 2. The SMILES string of the molecule is CCCCCC(C(C(=O)O)c1ccccc1)P(=O)(O)Cc1c[nH]c2ccccc12. The molecule has 0 amide bonds. The minimum Gasteiger partial charge on any atom is -0.481 e. The number of rotatable bonds is 10. The largest absolute Gasteiger partial charge is 0.481 e. The van der Waals surface area contributed by atoms with E-state index in [1.807, 2.05) is 30.3 Å². The van der Waals surface area contributed by atoms with Crippen LogP contribution in [0.2, 0.25) is 0 Å². The van der Waals surface area contributed by atoms with Crippen LogP contribution in [0.3, 0.4) is 0 Å². The van der Waals surface area contributed by atoms with Gasteiger partial charge in [-0.1, -0.05) is 74.7 Å². The van der Waals surface area contributed by atoms with E-state index in [-0.39, 0.29) is 6.16 Å². The quantitative estimate of drug-likeness (QED) is 0.291. The smallest absolute Gasteiger partial charge is 0.311 e. The number of aliphatic carboxylic acids is 1. The molecule has 0 aliphatic rings. The second-order valence-corrected chi connectivity index (χ2v) is 10.1.